The van der Waals surface area contributed by atoms with Gasteiger partial charge in [-0.25, -0.2) is 0 Å². The first-order chi connectivity index (χ1) is 5.25. The highest BCUT2D eigenvalue weighted by atomic mass is 79.9. The lowest BCUT2D eigenvalue weighted by Crippen LogP contribution is -1.89. The van der Waals surface area contributed by atoms with Crippen LogP contribution in [-0.2, 0) is 4.79 Å². The third-order valence-corrected chi connectivity index (χ3v) is 2.29. The zero-order valence-electron chi connectivity index (χ0n) is 5.55. The van der Waals surface area contributed by atoms with Crippen molar-refractivity contribution in [1.82, 2.24) is 0 Å². The van der Waals surface area contributed by atoms with E-state index in [1.54, 1.807) is 6.07 Å². The van der Waals surface area contributed by atoms with Gasteiger partial charge < -0.3 is 0 Å². The Balaban J connectivity index is 3.12. The SMILES string of the molecule is O=[C]c1ccccc1C(Br)Br. The van der Waals surface area contributed by atoms with Crippen molar-refractivity contribution < 1.29 is 4.79 Å². The monoisotopic (exact) mass is 275 g/mol. The van der Waals surface area contributed by atoms with Crippen LogP contribution in [0.5, 0.6) is 0 Å². The Morgan fingerprint density at radius 1 is 1.27 bits per heavy atom. The molecule has 1 radical (unpaired) electrons. The molecule has 3 heteroatoms. The summed E-state index contributed by atoms with van der Waals surface area (Å²) in [4.78, 5) is 10.4. The topological polar surface area (TPSA) is 17.1 Å². The predicted octanol–water partition coefficient (Wildman–Crippen LogP) is 2.93. The first kappa shape index (κ1) is 8.94. The van der Waals surface area contributed by atoms with E-state index in [1.165, 1.54) is 0 Å². The van der Waals surface area contributed by atoms with E-state index >= 15 is 0 Å². The van der Waals surface area contributed by atoms with E-state index in [9.17, 15) is 4.79 Å². The number of hydrogen-bond donors (Lipinski definition) is 0. The Labute approximate surface area is 82.1 Å². The molecule has 1 rings (SSSR count). The van der Waals surface area contributed by atoms with Gasteiger partial charge in [-0.15, -0.1) is 0 Å². The average Bonchev–Trinajstić information content (AvgIpc) is 2.04. The number of hydrogen-bond acceptors (Lipinski definition) is 1. The van der Waals surface area contributed by atoms with Crippen molar-refractivity contribution in [2.45, 2.75) is 3.74 Å². The molecule has 1 nitrogen and oxygen atoms in total. The molecule has 0 amide bonds. The fraction of sp³-hybridized carbons (Fsp3) is 0.125. The molecule has 0 atom stereocenters. The van der Waals surface area contributed by atoms with E-state index in [2.05, 4.69) is 31.9 Å². The molecule has 0 saturated carbocycles. The van der Waals surface area contributed by atoms with Crippen LogP contribution in [0, 0.1) is 0 Å². The van der Waals surface area contributed by atoms with Gasteiger partial charge in [-0.3, -0.25) is 4.79 Å². The van der Waals surface area contributed by atoms with E-state index in [0.29, 0.717) is 5.56 Å². The highest BCUT2D eigenvalue weighted by molar-refractivity contribution is 9.24. The van der Waals surface area contributed by atoms with E-state index in [1.807, 2.05) is 24.5 Å². The van der Waals surface area contributed by atoms with Crippen molar-refractivity contribution in [3.05, 3.63) is 35.4 Å². The highest BCUT2D eigenvalue weighted by Gasteiger charge is 2.06. The van der Waals surface area contributed by atoms with E-state index < -0.39 is 0 Å². The molecule has 11 heavy (non-hydrogen) atoms. The first-order valence-corrected chi connectivity index (χ1v) is 4.84. The minimum atomic E-state index is 0.0210. The normalized spacial score (nSPS) is 10.1. The summed E-state index contributed by atoms with van der Waals surface area (Å²) in [6, 6.07) is 7.30. The Morgan fingerprint density at radius 3 is 2.36 bits per heavy atom. The summed E-state index contributed by atoms with van der Waals surface area (Å²) in [7, 11) is 0. The van der Waals surface area contributed by atoms with Crippen LogP contribution >= 0.6 is 31.9 Å². The molecule has 0 bridgehead atoms. The van der Waals surface area contributed by atoms with Gasteiger partial charge in [-0.1, -0.05) is 56.1 Å². The lowest BCUT2D eigenvalue weighted by Gasteiger charge is -2.02. The Bertz CT molecular complexity index is 258. The van der Waals surface area contributed by atoms with Crippen molar-refractivity contribution in [2.75, 3.05) is 0 Å². The minimum absolute atomic E-state index is 0.0210. The second-order valence-electron chi connectivity index (χ2n) is 1.99. The molecule has 0 N–H and O–H groups in total. The van der Waals surface area contributed by atoms with E-state index in [0.717, 1.165) is 5.56 Å². The molecule has 0 aromatic heterocycles. The molecule has 0 heterocycles. The fourth-order valence-corrected chi connectivity index (χ4v) is 1.58. The lowest BCUT2D eigenvalue weighted by molar-refractivity contribution is 0.562. The van der Waals surface area contributed by atoms with Gasteiger partial charge in [-0.2, -0.15) is 0 Å². The quantitative estimate of drug-likeness (QED) is 0.759. The summed E-state index contributed by atoms with van der Waals surface area (Å²) >= 11 is 6.62. The summed E-state index contributed by atoms with van der Waals surface area (Å²) in [6.07, 6.45) is 1.87. The van der Waals surface area contributed by atoms with Crippen molar-refractivity contribution in [2.24, 2.45) is 0 Å². The molecule has 0 aliphatic heterocycles. The summed E-state index contributed by atoms with van der Waals surface area (Å²) in [5.41, 5.74) is 1.49. The molecular formula is C8H5Br2O. The summed E-state index contributed by atoms with van der Waals surface area (Å²) in [5.74, 6) is 0. The minimum Gasteiger partial charge on any atom is -0.285 e. The van der Waals surface area contributed by atoms with Crippen LogP contribution in [0.4, 0.5) is 0 Å². The van der Waals surface area contributed by atoms with Gasteiger partial charge in [0.1, 0.15) is 0 Å². The Kier molecular flexibility index (Phi) is 3.27. The van der Waals surface area contributed by atoms with Gasteiger partial charge in [-0.05, 0) is 5.56 Å². The number of alkyl halides is 2. The third-order valence-electron chi connectivity index (χ3n) is 1.31. The van der Waals surface area contributed by atoms with Crippen LogP contribution in [0.2, 0.25) is 0 Å². The maximum atomic E-state index is 10.4. The molecule has 0 saturated heterocycles. The van der Waals surface area contributed by atoms with Crippen LogP contribution in [0.25, 0.3) is 0 Å². The molecule has 1 aromatic carbocycles. The third kappa shape index (κ3) is 2.14. The number of halogens is 2. The largest absolute Gasteiger partial charge is 0.285 e. The summed E-state index contributed by atoms with van der Waals surface area (Å²) < 4.78 is 0.0210. The first-order valence-electron chi connectivity index (χ1n) is 3.01. The molecular weight excluding hydrogens is 272 g/mol. The fourth-order valence-electron chi connectivity index (χ4n) is 0.780. The Hall–Kier alpha value is -0.150. The molecule has 57 valence electrons. The van der Waals surface area contributed by atoms with Crippen molar-refractivity contribution >= 4 is 38.1 Å². The maximum absolute atomic E-state index is 10.4. The molecule has 0 fully saturated rings. The van der Waals surface area contributed by atoms with Crippen molar-refractivity contribution in [3.8, 4) is 0 Å². The molecule has 0 aliphatic rings. The standard InChI is InChI=1S/C8H5Br2O/c9-8(10)7-4-2-1-3-6(7)5-11/h1-4,8H. The zero-order chi connectivity index (χ0) is 8.27. The Morgan fingerprint density at radius 2 is 1.91 bits per heavy atom. The van der Waals surface area contributed by atoms with Gasteiger partial charge >= 0.3 is 0 Å². The smallest absolute Gasteiger partial charge is 0.233 e. The van der Waals surface area contributed by atoms with Crippen LogP contribution in [0.15, 0.2) is 24.3 Å². The van der Waals surface area contributed by atoms with Gasteiger partial charge in [0.2, 0.25) is 6.29 Å². The number of benzene rings is 1. The van der Waals surface area contributed by atoms with E-state index in [-0.39, 0.29) is 3.74 Å². The van der Waals surface area contributed by atoms with Gasteiger partial charge in [0.25, 0.3) is 0 Å². The summed E-state index contributed by atoms with van der Waals surface area (Å²) in [5, 5.41) is 0. The molecule has 1 aromatic rings. The lowest BCUT2D eigenvalue weighted by atomic mass is 10.1. The molecule has 0 aliphatic carbocycles. The van der Waals surface area contributed by atoms with Crippen LogP contribution < -0.4 is 0 Å². The molecule has 0 unspecified atom stereocenters. The van der Waals surface area contributed by atoms with Crippen LogP contribution in [-0.4, -0.2) is 6.29 Å². The van der Waals surface area contributed by atoms with Crippen molar-refractivity contribution in [3.63, 3.8) is 0 Å². The van der Waals surface area contributed by atoms with Gasteiger partial charge in [0.15, 0.2) is 0 Å². The maximum Gasteiger partial charge on any atom is 0.233 e. The van der Waals surface area contributed by atoms with E-state index in [4.69, 9.17) is 0 Å². The molecule has 0 spiro atoms. The van der Waals surface area contributed by atoms with Crippen LogP contribution in [0.1, 0.15) is 14.9 Å². The van der Waals surface area contributed by atoms with Crippen molar-refractivity contribution in [1.29, 1.82) is 0 Å². The second-order valence-corrected chi connectivity index (χ2v) is 5.05. The van der Waals surface area contributed by atoms with Gasteiger partial charge in [0, 0.05) is 5.56 Å². The summed E-state index contributed by atoms with van der Waals surface area (Å²) in [6.45, 7) is 0. The number of rotatable bonds is 2. The highest BCUT2D eigenvalue weighted by Crippen LogP contribution is 2.30. The zero-order valence-corrected chi connectivity index (χ0v) is 8.72. The van der Waals surface area contributed by atoms with Crippen LogP contribution in [0.3, 0.4) is 0 Å². The second kappa shape index (κ2) is 4.02. The average molecular weight is 277 g/mol. The van der Waals surface area contributed by atoms with Gasteiger partial charge in [0.05, 0.1) is 3.74 Å². The number of carbonyl (C=O) groups excluding carboxylic acids is 1. The predicted molar refractivity (Wildman–Crippen MR) is 51.8 cm³/mol.